The van der Waals surface area contributed by atoms with E-state index in [0.717, 1.165) is 33.6 Å². The van der Waals surface area contributed by atoms with E-state index in [9.17, 15) is 0 Å². The Bertz CT molecular complexity index is 1200. The van der Waals surface area contributed by atoms with Crippen LogP contribution < -0.4 is 11.5 Å². The molecule has 0 amide bonds. The molecule has 0 unspecified atom stereocenters. The van der Waals surface area contributed by atoms with Gasteiger partial charge in [-0.15, -0.1) is 0 Å². The Hall–Kier alpha value is -4.18. The van der Waals surface area contributed by atoms with Gasteiger partial charge in [0.1, 0.15) is 0 Å². The Kier molecular flexibility index (Phi) is 5.67. The van der Waals surface area contributed by atoms with Crippen LogP contribution in [0, 0.1) is 0 Å². The molecule has 0 fully saturated rings. The van der Waals surface area contributed by atoms with Gasteiger partial charge in [0, 0.05) is 12.4 Å². The van der Waals surface area contributed by atoms with Crippen molar-refractivity contribution in [1.82, 2.24) is 0 Å². The van der Waals surface area contributed by atoms with E-state index < -0.39 is 0 Å². The molecule has 0 spiro atoms. The second kappa shape index (κ2) is 8.88. The fraction of sp³-hybridized carbons (Fsp3) is 0. The Morgan fingerprint density at radius 2 is 1.03 bits per heavy atom. The van der Waals surface area contributed by atoms with Crippen LogP contribution in [0.25, 0.3) is 11.1 Å². The van der Waals surface area contributed by atoms with E-state index in [-0.39, 0.29) is 0 Å². The lowest BCUT2D eigenvalue weighted by Crippen LogP contribution is -1.90. The van der Waals surface area contributed by atoms with Crippen molar-refractivity contribution < 1.29 is 0 Å². The topological polar surface area (TPSA) is 76.8 Å². The Morgan fingerprint density at radius 3 is 1.63 bits per heavy atom. The highest BCUT2D eigenvalue weighted by atomic mass is 14.8. The summed E-state index contributed by atoms with van der Waals surface area (Å²) in [5, 5.41) is 0. The average molecular weight is 390 g/mol. The summed E-state index contributed by atoms with van der Waals surface area (Å²) in [7, 11) is 0. The standard InChI is InChI=1S/C26H22N4/c27-23-13-11-22(16-26(23)30-18-20-9-5-2-6-10-20)21-12-14-25(24(28)15-21)29-17-19-7-3-1-4-8-19/h1-18H,27-28H2. The summed E-state index contributed by atoms with van der Waals surface area (Å²) in [6.45, 7) is 0. The molecule has 4 N–H and O–H groups in total. The molecule has 4 aromatic carbocycles. The molecule has 0 aliphatic carbocycles. The third-order valence-corrected chi connectivity index (χ3v) is 4.70. The molecule has 0 aromatic heterocycles. The van der Waals surface area contributed by atoms with Crippen LogP contribution in [-0.4, -0.2) is 12.4 Å². The molecule has 0 atom stereocenters. The predicted molar refractivity (Wildman–Crippen MR) is 128 cm³/mol. The normalized spacial score (nSPS) is 11.3. The van der Waals surface area contributed by atoms with Crippen LogP contribution in [0.3, 0.4) is 0 Å². The van der Waals surface area contributed by atoms with Crippen LogP contribution in [0.2, 0.25) is 0 Å². The number of hydrogen-bond donors (Lipinski definition) is 2. The number of nitrogens with two attached hydrogens (primary N) is 2. The second-order valence-electron chi connectivity index (χ2n) is 6.88. The zero-order valence-corrected chi connectivity index (χ0v) is 16.4. The lowest BCUT2D eigenvalue weighted by atomic mass is 10.0. The Balaban J connectivity index is 1.59. The number of aliphatic imine (C=N–C) groups is 2. The fourth-order valence-electron chi connectivity index (χ4n) is 3.05. The van der Waals surface area contributed by atoms with Gasteiger partial charge in [0.15, 0.2) is 0 Å². The van der Waals surface area contributed by atoms with Gasteiger partial charge >= 0.3 is 0 Å². The summed E-state index contributed by atoms with van der Waals surface area (Å²) < 4.78 is 0. The minimum Gasteiger partial charge on any atom is -0.397 e. The van der Waals surface area contributed by atoms with E-state index in [1.807, 2.05) is 109 Å². The van der Waals surface area contributed by atoms with Gasteiger partial charge in [0.25, 0.3) is 0 Å². The highest BCUT2D eigenvalue weighted by Gasteiger charge is 2.05. The minimum atomic E-state index is 0.617. The van der Waals surface area contributed by atoms with Crippen molar-refractivity contribution in [3.63, 3.8) is 0 Å². The maximum atomic E-state index is 6.26. The van der Waals surface area contributed by atoms with Crippen LogP contribution in [0.4, 0.5) is 22.7 Å². The van der Waals surface area contributed by atoms with Crippen molar-refractivity contribution >= 4 is 35.2 Å². The van der Waals surface area contributed by atoms with Gasteiger partial charge in [0.05, 0.1) is 22.7 Å². The minimum absolute atomic E-state index is 0.617. The first kappa shape index (κ1) is 19.2. The maximum Gasteiger partial charge on any atom is 0.0865 e. The van der Waals surface area contributed by atoms with Gasteiger partial charge in [-0.25, -0.2) is 0 Å². The van der Waals surface area contributed by atoms with Crippen molar-refractivity contribution in [3.05, 3.63) is 108 Å². The number of nitrogen functional groups attached to an aromatic ring is 2. The van der Waals surface area contributed by atoms with Crippen molar-refractivity contribution in [2.24, 2.45) is 9.98 Å². The second-order valence-corrected chi connectivity index (χ2v) is 6.88. The first-order valence-electron chi connectivity index (χ1n) is 9.67. The summed E-state index contributed by atoms with van der Waals surface area (Å²) in [6.07, 6.45) is 3.62. The van der Waals surface area contributed by atoms with Gasteiger partial charge in [-0.05, 0) is 46.5 Å². The van der Waals surface area contributed by atoms with Crippen molar-refractivity contribution in [3.8, 4) is 11.1 Å². The van der Waals surface area contributed by atoms with E-state index in [2.05, 4.69) is 9.98 Å². The lowest BCUT2D eigenvalue weighted by Gasteiger charge is -2.08. The highest BCUT2D eigenvalue weighted by molar-refractivity contribution is 5.87. The third kappa shape index (κ3) is 4.62. The van der Waals surface area contributed by atoms with Crippen molar-refractivity contribution in [2.75, 3.05) is 11.5 Å². The summed E-state index contributed by atoms with van der Waals surface area (Å²) in [5.41, 5.74) is 19.1. The Labute approximate surface area is 176 Å². The molecule has 4 rings (SSSR count). The molecule has 4 heteroatoms. The first-order valence-corrected chi connectivity index (χ1v) is 9.67. The number of nitrogens with zero attached hydrogens (tertiary/aromatic N) is 2. The smallest absolute Gasteiger partial charge is 0.0865 e. The zero-order chi connectivity index (χ0) is 20.8. The molecule has 0 bridgehead atoms. The number of rotatable bonds is 5. The van der Waals surface area contributed by atoms with Gasteiger partial charge in [-0.1, -0.05) is 72.8 Å². The molecule has 0 aliphatic heterocycles. The van der Waals surface area contributed by atoms with Gasteiger partial charge in [-0.3, -0.25) is 9.98 Å². The van der Waals surface area contributed by atoms with Crippen LogP contribution in [0.5, 0.6) is 0 Å². The number of anilines is 2. The van der Waals surface area contributed by atoms with E-state index in [1.54, 1.807) is 0 Å². The molecule has 4 aromatic rings. The number of benzene rings is 4. The molecular formula is C26H22N4. The summed E-state index contributed by atoms with van der Waals surface area (Å²) in [6, 6.07) is 31.5. The largest absolute Gasteiger partial charge is 0.397 e. The van der Waals surface area contributed by atoms with Crippen molar-refractivity contribution in [2.45, 2.75) is 0 Å². The molecule has 146 valence electrons. The quantitative estimate of drug-likeness (QED) is 0.323. The molecular weight excluding hydrogens is 368 g/mol. The molecule has 0 aliphatic rings. The monoisotopic (exact) mass is 390 g/mol. The SMILES string of the molecule is Nc1cc(-c2ccc(N)c(N=Cc3ccccc3)c2)ccc1N=Cc1ccccc1. The Morgan fingerprint density at radius 1 is 0.500 bits per heavy atom. The van der Waals surface area contributed by atoms with Crippen LogP contribution in [-0.2, 0) is 0 Å². The first-order chi connectivity index (χ1) is 14.7. The average Bonchev–Trinajstić information content (AvgIpc) is 2.79. The molecule has 0 heterocycles. The highest BCUT2D eigenvalue weighted by Crippen LogP contribution is 2.33. The summed E-state index contributed by atoms with van der Waals surface area (Å²) >= 11 is 0. The molecule has 0 saturated heterocycles. The van der Waals surface area contributed by atoms with E-state index in [4.69, 9.17) is 11.5 Å². The third-order valence-electron chi connectivity index (χ3n) is 4.70. The molecule has 0 radical (unpaired) electrons. The van der Waals surface area contributed by atoms with Crippen LogP contribution >= 0.6 is 0 Å². The molecule has 30 heavy (non-hydrogen) atoms. The summed E-state index contributed by atoms with van der Waals surface area (Å²) in [5.74, 6) is 0. The van der Waals surface area contributed by atoms with E-state index in [0.29, 0.717) is 11.4 Å². The zero-order valence-electron chi connectivity index (χ0n) is 16.4. The molecule has 4 nitrogen and oxygen atoms in total. The van der Waals surface area contributed by atoms with Gasteiger partial charge < -0.3 is 11.5 Å². The van der Waals surface area contributed by atoms with Crippen LogP contribution in [0.15, 0.2) is 107 Å². The van der Waals surface area contributed by atoms with Gasteiger partial charge in [-0.2, -0.15) is 0 Å². The fourth-order valence-corrected chi connectivity index (χ4v) is 3.05. The predicted octanol–water partition coefficient (Wildman–Crippen LogP) is 6.02. The van der Waals surface area contributed by atoms with E-state index >= 15 is 0 Å². The van der Waals surface area contributed by atoms with Gasteiger partial charge in [0.2, 0.25) is 0 Å². The summed E-state index contributed by atoms with van der Waals surface area (Å²) in [4.78, 5) is 9.07. The number of hydrogen-bond acceptors (Lipinski definition) is 4. The lowest BCUT2D eigenvalue weighted by molar-refractivity contribution is 1.49. The van der Waals surface area contributed by atoms with E-state index in [1.165, 1.54) is 0 Å². The van der Waals surface area contributed by atoms with Crippen molar-refractivity contribution in [1.29, 1.82) is 0 Å². The maximum absolute atomic E-state index is 6.26. The van der Waals surface area contributed by atoms with Crippen LogP contribution in [0.1, 0.15) is 11.1 Å². The molecule has 0 saturated carbocycles.